The highest BCUT2D eigenvalue weighted by molar-refractivity contribution is 6.08. The first-order chi connectivity index (χ1) is 8.06. The lowest BCUT2D eigenvalue weighted by Crippen LogP contribution is -2.10. The first kappa shape index (κ1) is 12.0. The van der Waals surface area contributed by atoms with E-state index in [0.29, 0.717) is 11.5 Å². The van der Waals surface area contributed by atoms with E-state index in [1.54, 1.807) is 13.0 Å². The van der Waals surface area contributed by atoms with Crippen molar-refractivity contribution in [3.8, 4) is 0 Å². The van der Waals surface area contributed by atoms with Crippen molar-refractivity contribution < 1.29 is 9.18 Å². The zero-order chi connectivity index (χ0) is 12.4. The standard InChI is InChI=1S/C15H17FO/c1-10-3-5-12(6-4-10)15(17)13-7-11(2)8-14(16)9-13/h5,7-10H,3-4,6H2,1-2H3. The predicted octanol–water partition coefficient (Wildman–Crippen LogP) is 4.06. The average molecular weight is 232 g/mol. The first-order valence-electron chi connectivity index (χ1n) is 6.07. The largest absolute Gasteiger partial charge is 0.289 e. The van der Waals surface area contributed by atoms with Crippen molar-refractivity contribution in [1.82, 2.24) is 0 Å². The topological polar surface area (TPSA) is 17.1 Å². The molecule has 0 saturated carbocycles. The van der Waals surface area contributed by atoms with Crippen LogP contribution in [0.4, 0.5) is 4.39 Å². The molecule has 17 heavy (non-hydrogen) atoms. The third-order valence-corrected chi connectivity index (χ3v) is 3.27. The minimum absolute atomic E-state index is 0.0144. The summed E-state index contributed by atoms with van der Waals surface area (Å²) in [6.45, 7) is 3.99. The van der Waals surface area contributed by atoms with E-state index in [-0.39, 0.29) is 11.6 Å². The lowest BCUT2D eigenvalue weighted by molar-refractivity contribution is 0.102. The maximum absolute atomic E-state index is 13.2. The normalized spacial score (nSPS) is 19.9. The molecular weight excluding hydrogens is 215 g/mol. The molecular formula is C15H17FO. The summed E-state index contributed by atoms with van der Waals surface area (Å²) >= 11 is 0. The van der Waals surface area contributed by atoms with Gasteiger partial charge >= 0.3 is 0 Å². The summed E-state index contributed by atoms with van der Waals surface area (Å²) in [7, 11) is 0. The number of halogens is 1. The minimum Gasteiger partial charge on any atom is -0.289 e. The number of allylic oxidation sites excluding steroid dienone is 2. The highest BCUT2D eigenvalue weighted by Crippen LogP contribution is 2.25. The quantitative estimate of drug-likeness (QED) is 0.703. The maximum Gasteiger partial charge on any atom is 0.188 e. The highest BCUT2D eigenvalue weighted by atomic mass is 19.1. The fourth-order valence-corrected chi connectivity index (χ4v) is 2.22. The number of rotatable bonds is 2. The third kappa shape index (κ3) is 2.82. The Morgan fingerprint density at radius 2 is 2.12 bits per heavy atom. The van der Waals surface area contributed by atoms with Crippen molar-refractivity contribution in [2.75, 3.05) is 0 Å². The van der Waals surface area contributed by atoms with E-state index in [1.165, 1.54) is 12.1 Å². The van der Waals surface area contributed by atoms with Gasteiger partial charge in [0.25, 0.3) is 0 Å². The van der Waals surface area contributed by atoms with Gasteiger partial charge in [0.05, 0.1) is 0 Å². The second-order valence-corrected chi connectivity index (χ2v) is 4.96. The van der Waals surface area contributed by atoms with Gasteiger partial charge in [-0.1, -0.05) is 13.0 Å². The van der Waals surface area contributed by atoms with E-state index in [0.717, 1.165) is 30.4 Å². The summed E-state index contributed by atoms with van der Waals surface area (Å²) in [5.41, 5.74) is 2.11. The number of Topliss-reactive ketones (excluding diaryl/α,β-unsaturated/α-hetero) is 1. The first-order valence-corrected chi connectivity index (χ1v) is 6.07. The molecule has 1 aliphatic rings. The molecule has 0 aromatic heterocycles. The Morgan fingerprint density at radius 1 is 1.35 bits per heavy atom. The fourth-order valence-electron chi connectivity index (χ4n) is 2.22. The lowest BCUT2D eigenvalue weighted by atomic mass is 9.87. The summed E-state index contributed by atoms with van der Waals surface area (Å²) < 4.78 is 13.2. The van der Waals surface area contributed by atoms with Crippen LogP contribution in [0.5, 0.6) is 0 Å². The van der Waals surface area contributed by atoms with Gasteiger partial charge in [0.15, 0.2) is 5.78 Å². The second-order valence-electron chi connectivity index (χ2n) is 4.96. The van der Waals surface area contributed by atoms with Crippen LogP contribution in [-0.2, 0) is 0 Å². The van der Waals surface area contributed by atoms with E-state index >= 15 is 0 Å². The Morgan fingerprint density at radius 3 is 2.71 bits per heavy atom. The van der Waals surface area contributed by atoms with E-state index < -0.39 is 0 Å². The van der Waals surface area contributed by atoms with Gasteiger partial charge in [-0.05, 0) is 61.4 Å². The van der Waals surface area contributed by atoms with E-state index in [1.807, 2.05) is 6.08 Å². The lowest BCUT2D eigenvalue weighted by Gasteiger charge is -2.17. The van der Waals surface area contributed by atoms with Gasteiger partial charge in [-0.3, -0.25) is 4.79 Å². The maximum atomic E-state index is 13.2. The van der Waals surface area contributed by atoms with Gasteiger partial charge in [-0.2, -0.15) is 0 Å². The highest BCUT2D eigenvalue weighted by Gasteiger charge is 2.18. The number of carbonyl (C=O) groups excluding carboxylic acids is 1. The molecule has 2 rings (SSSR count). The molecule has 1 aromatic carbocycles. The van der Waals surface area contributed by atoms with Crippen LogP contribution in [0, 0.1) is 18.7 Å². The Balaban J connectivity index is 2.25. The number of hydrogen-bond donors (Lipinski definition) is 0. The van der Waals surface area contributed by atoms with Crippen molar-refractivity contribution in [3.63, 3.8) is 0 Å². The molecule has 1 nitrogen and oxygen atoms in total. The van der Waals surface area contributed by atoms with Gasteiger partial charge < -0.3 is 0 Å². The molecule has 2 heteroatoms. The SMILES string of the molecule is Cc1cc(F)cc(C(=O)C2=CCC(C)CC2)c1. The molecule has 0 radical (unpaired) electrons. The van der Waals surface area contributed by atoms with E-state index in [9.17, 15) is 9.18 Å². The molecule has 0 spiro atoms. The van der Waals surface area contributed by atoms with Crippen LogP contribution < -0.4 is 0 Å². The van der Waals surface area contributed by atoms with Crippen LogP contribution in [0.2, 0.25) is 0 Å². The molecule has 0 bridgehead atoms. The third-order valence-electron chi connectivity index (χ3n) is 3.27. The molecule has 90 valence electrons. The molecule has 1 unspecified atom stereocenters. The number of ketones is 1. The summed E-state index contributed by atoms with van der Waals surface area (Å²) in [5.74, 6) is 0.304. The number of aryl methyl sites for hydroxylation is 1. The zero-order valence-electron chi connectivity index (χ0n) is 10.3. The summed E-state index contributed by atoms with van der Waals surface area (Å²) in [4.78, 5) is 12.2. The van der Waals surface area contributed by atoms with Crippen molar-refractivity contribution in [2.24, 2.45) is 5.92 Å². The monoisotopic (exact) mass is 232 g/mol. The summed E-state index contributed by atoms with van der Waals surface area (Å²) in [6.07, 6.45) is 4.83. The van der Waals surface area contributed by atoms with Crippen molar-refractivity contribution in [2.45, 2.75) is 33.1 Å². The van der Waals surface area contributed by atoms with Gasteiger partial charge in [0, 0.05) is 5.56 Å². The average Bonchev–Trinajstić information content (AvgIpc) is 2.28. The van der Waals surface area contributed by atoms with Crippen LogP contribution in [0.25, 0.3) is 0 Å². The van der Waals surface area contributed by atoms with Crippen molar-refractivity contribution >= 4 is 5.78 Å². The Bertz CT molecular complexity index is 454. The van der Waals surface area contributed by atoms with Crippen LogP contribution in [0.15, 0.2) is 29.8 Å². The smallest absolute Gasteiger partial charge is 0.188 e. The van der Waals surface area contributed by atoms with Crippen molar-refractivity contribution in [1.29, 1.82) is 0 Å². The van der Waals surface area contributed by atoms with Crippen LogP contribution in [-0.4, -0.2) is 5.78 Å². The van der Waals surface area contributed by atoms with Gasteiger partial charge in [-0.25, -0.2) is 4.39 Å². The summed E-state index contributed by atoms with van der Waals surface area (Å²) in [6, 6.07) is 4.52. The molecule has 0 saturated heterocycles. The van der Waals surface area contributed by atoms with Crippen LogP contribution in [0.3, 0.4) is 0 Å². The fraction of sp³-hybridized carbons (Fsp3) is 0.400. The molecule has 1 aromatic rings. The number of benzene rings is 1. The van der Waals surface area contributed by atoms with Gasteiger partial charge in [0.1, 0.15) is 5.82 Å². The molecule has 1 atom stereocenters. The minimum atomic E-state index is -0.335. The van der Waals surface area contributed by atoms with Crippen LogP contribution >= 0.6 is 0 Å². The predicted molar refractivity (Wildman–Crippen MR) is 66.6 cm³/mol. The molecule has 0 heterocycles. The number of carbonyl (C=O) groups is 1. The molecule has 0 aliphatic heterocycles. The summed E-state index contributed by atoms with van der Waals surface area (Å²) in [5, 5.41) is 0. The van der Waals surface area contributed by atoms with E-state index in [4.69, 9.17) is 0 Å². The molecule has 0 fully saturated rings. The molecule has 0 N–H and O–H groups in total. The van der Waals surface area contributed by atoms with Crippen molar-refractivity contribution in [3.05, 3.63) is 46.8 Å². The molecule has 0 amide bonds. The Labute approximate surface area is 101 Å². The second kappa shape index (κ2) is 4.82. The Hall–Kier alpha value is -1.44. The van der Waals surface area contributed by atoms with Gasteiger partial charge in [-0.15, -0.1) is 0 Å². The number of hydrogen-bond acceptors (Lipinski definition) is 1. The molecule has 1 aliphatic carbocycles. The zero-order valence-corrected chi connectivity index (χ0v) is 10.3. The van der Waals surface area contributed by atoms with E-state index in [2.05, 4.69) is 6.92 Å². The Kier molecular flexibility index (Phi) is 3.41. The van der Waals surface area contributed by atoms with Gasteiger partial charge in [0.2, 0.25) is 0 Å². The van der Waals surface area contributed by atoms with Crippen LogP contribution in [0.1, 0.15) is 42.1 Å².